The summed E-state index contributed by atoms with van der Waals surface area (Å²) in [5.74, 6) is 0.939. The number of thioether (sulfide) groups is 1. The minimum atomic E-state index is 0.000276. The van der Waals surface area contributed by atoms with Gasteiger partial charge in [-0.3, -0.25) is 9.98 Å². The first-order valence-electron chi connectivity index (χ1n) is 9.23. The summed E-state index contributed by atoms with van der Waals surface area (Å²) in [4.78, 5) is 16.8. The fourth-order valence-corrected chi connectivity index (χ4v) is 4.98. The number of aliphatic imine (C=N–C) groups is 1. The quantitative estimate of drug-likeness (QED) is 0.689. The second-order valence-electron chi connectivity index (χ2n) is 7.13. The molecule has 0 aromatic carbocycles. The number of rotatable bonds is 3. The Kier molecular flexibility index (Phi) is 4.01. The zero-order chi connectivity index (χ0) is 18.4. The maximum absolute atomic E-state index is 5.07. The smallest absolute Gasteiger partial charge is 0.160 e. The van der Waals surface area contributed by atoms with Crippen molar-refractivity contribution in [3.63, 3.8) is 0 Å². The molecule has 1 fully saturated rings. The lowest BCUT2D eigenvalue weighted by molar-refractivity contribution is 0.312. The highest BCUT2D eigenvalue weighted by molar-refractivity contribution is 8.14. The SMILES string of the molecule is Cc1ccc(-n2cccc2[C@@H]2[C@@H](c3ccccn3)N=C3S[C@@H](C)CN32)nc1. The highest BCUT2D eigenvalue weighted by Gasteiger charge is 2.44. The summed E-state index contributed by atoms with van der Waals surface area (Å²) >= 11 is 1.86. The number of fused-ring (bicyclic) bond motifs is 1. The molecule has 0 bridgehead atoms. The van der Waals surface area contributed by atoms with Gasteiger partial charge in [-0.2, -0.15) is 0 Å². The zero-order valence-corrected chi connectivity index (χ0v) is 16.2. The molecular formula is C21H21N5S. The molecule has 0 saturated carbocycles. The molecule has 0 aliphatic carbocycles. The van der Waals surface area contributed by atoms with E-state index in [9.17, 15) is 0 Å². The minimum Gasteiger partial charge on any atom is -0.339 e. The van der Waals surface area contributed by atoms with Gasteiger partial charge in [0.05, 0.1) is 11.7 Å². The molecular weight excluding hydrogens is 354 g/mol. The third-order valence-electron chi connectivity index (χ3n) is 5.11. The first-order chi connectivity index (χ1) is 13.2. The molecule has 6 heteroatoms. The van der Waals surface area contributed by atoms with Crippen LogP contribution in [0.2, 0.25) is 0 Å². The van der Waals surface area contributed by atoms with Gasteiger partial charge in [0.25, 0.3) is 0 Å². The molecule has 5 heterocycles. The van der Waals surface area contributed by atoms with Crippen LogP contribution in [0.3, 0.4) is 0 Å². The fraction of sp³-hybridized carbons (Fsp3) is 0.286. The monoisotopic (exact) mass is 375 g/mol. The van der Waals surface area contributed by atoms with E-state index in [1.54, 1.807) is 0 Å². The average molecular weight is 376 g/mol. The summed E-state index contributed by atoms with van der Waals surface area (Å²) in [5.41, 5.74) is 3.38. The molecule has 0 radical (unpaired) electrons. The third kappa shape index (κ3) is 2.84. The van der Waals surface area contributed by atoms with Crippen LogP contribution >= 0.6 is 11.8 Å². The predicted octanol–water partition coefficient (Wildman–Crippen LogP) is 4.17. The second-order valence-corrected chi connectivity index (χ2v) is 8.54. The van der Waals surface area contributed by atoms with E-state index in [0.29, 0.717) is 5.25 Å². The van der Waals surface area contributed by atoms with Gasteiger partial charge in [0.2, 0.25) is 0 Å². The first kappa shape index (κ1) is 16.6. The predicted molar refractivity (Wildman–Crippen MR) is 109 cm³/mol. The molecule has 27 heavy (non-hydrogen) atoms. The van der Waals surface area contributed by atoms with Crippen molar-refractivity contribution in [2.75, 3.05) is 6.54 Å². The van der Waals surface area contributed by atoms with E-state index in [1.807, 2.05) is 36.3 Å². The van der Waals surface area contributed by atoms with E-state index < -0.39 is 0 Å². The van der Waals surface area contributed by atoms with Crippen LogP contribution in [0.25, 0.3) is 5.82 Å². The maximum Gasteiger partial charge on any atom is 0.160 e. The van der Waals surface area contributed by atoms with Crippen molar-refractivity contribution in [2.45, 2.75) is 31.2 Å². The highest BCUT2D eigenvalue weighted by atomic mass is 32.2. The molecule has 136 valence electrons. The van der Waals surface area contributed by atoms with E-state index in [-0.39, 0.29) is 12.1 Å². The zero-order valence-electron chi connectivity index (χ0n) is 15.4. The Bertz CT molecular complexity index is 979. The molecule has 0 N–H and O–H groups in total. The van der Waals surface area contributed by atoms with Crippen LogP contribution < -0.4 is 0 Å². The summed E-state index contributed by atoms with van der Waals surface area (Å²) in [6.45, 7) is 5.33. The summed E-state index contributed by atoms with van der Waals surface area (Å²) in [6, 6.07) is 14.7. The van der Waals surface area contributed by atoms with Crippen LogP contribution in [-0.4, -0.2) is 36.4 Å². The maximum atomic E-state index is 5.07. The van der Waals surface area contributed by atoms with Gasteiger partial charge in [0.1, 0.15) is 11.9 Å². The topological polar surface area (TPSA) is 46.3 Å². The number of aryl methyl sites for hydroxylation is 1. The Balaban J connectivity index is 1.60. The van der Waals surface area contributed by atoms with Crippen molar-refractivity contribution in [1.29, 1.82) is 0 Å². The van der Waals surface area contributed by atoms with Crippen molar-refractivity contribution in [3.8, 4) is 5.82 Å². The van der Waals surface area contributed by atoms with E-state index in [0.717, 1.165) is 28.8 Å². The van der Waals surface area contributed by atoms with Crippen LogP contribution in [-0.2, 0) is 0 Å². The molecule has 3 aromatic heterocycles. The Labute approximate surface area is 163 Å². The van der Waals surface area contributed by atoms with Gasteiger partial charge in [-0.05, 0) is 42.8 Å². The summed E-state index contributed by atoms with van der Waals surface area (Å²) in [7, 11) is 0. The molecule has 5 rings (SSSR count). The van der Waals surface area contributed by atoms with Crippen molar-refractivity contribution >= 4 is 16.9 Å². The second kappa shape index (κ2) is 6.53. The van der Waals surface area contributed by atoms with Crippen molar-refractivity contribution in [1.82, 2.24) is 19.4 Å². The molecule has 2 aliphatic heterocycles. The van der Waals surface area contributed by atoms with E-state index in [2.05, 4.69) is 69.8 Å². The number of hydrogen-bond donors (Lipinski definition) is 0. The first-order valence-corrected chi connectivity index (χ1v) is 10.1. The summed E-state index contributed by atoms with van der Waals surface area (Å²) in [6.07, 6.45) is 5.86. The van der Waals surface area contributed by atoms with Crippen LogP contribution in [0.5, 0.6) is 0 Å². The fourth-order valence-electron chi connectivity index (χ4n) is 3.88. The van der Waals surface area contributed by atoms with Gasteiger partial charge >= 0.3 is 0 Å². The Hall–Kier alpha value is -2.60. The van der Waals surface area contributed by atoms with Gasteiger partial charge in [0.15, 0.2) is 5.17 Å². The largest absolute Gasteiger partial charge is 0.339 e. The van der Waals surface area contributed by atoms with Gasteiger partial charge in [-0.1, -0.05) is 30.8 Å². The van der Waals surface area contributed by atoms with Crippen molar-refractivity contribution in [3.05, 3.63) is 78.0 Å². The molecule has 2 aliphatic rings. The van der Waals surface area contributed by atoms with Crippen molar-refractivity contribution in [2.24, 2.45) is 4.99 Å². The van der Waals surface area contributed by atoms with Gasteiger partial charge in [0, 0.05) is 36.1 Å². The van der Waals surface area contributed by atoms with Crippen molar-refractivity contribution < 1.29 is 0 Å². The van der Waals surface area contributed by atoms with Gasteiger partial charge < -0.3 is 9.47 Å². The van der Waals surface area contributed by atoms with E-state index in [4.69, 9.17) is 4.99 Å². The Morgan fingerprint density at radius 2 is 2.00 bits per heavy atom. The molecule has 1 saturated heterocycles. The summed E-state index contributed by atoms with van der Waals surface area (Å²) in [5, 5.41) is 1.68. The standard InChI is InChI=1S/C21H21N5S/c1-14-8-9-18(23-12-14)25-11-5-7-17(25)20-19(16-6-3-4-10-22-16)24-21-26(20)13-15(2)27-21/h3-12,15,19-20H,13H2,1-2H3/t15-,19+,20+/m0/s1. The Morgan fingerprint density at radius 1 is 1.07 bits per heavy atom. The molecule has 3 aromatic rings. The Morgan fingerprint density at radius 3 is 2.78 bits per heavy atom. The van der Waals surface area contributed by atoms with Crippen LogP contribution in [0.4, 0.5) is 0 Å². The number of aromatic nitrogens is 3. The summed E-state index contributed by atoms with van der Waals surface area (Å²) < 4.78 is 2.19. The van der Waals surface area contributed by atoms with Gasteiger partial charge in [-0.25, -0.2) is 4.98 Å². The lowest BCUT2D eigenvalue weighted by atomic mass is 10.0. The number of pyridine rings is 2. The van der Waals surface area contributed by atoms with E-state index >= 15 is 0 Å². The number of hydrogen-bond acceptors (Lipinski definition) is 5. The number of amidine groups is 1. The molecule has 3 atom stereocenters. The van der Waals surface area contributed by atoms with E-state index in [1.165, 1.54) is 5.69 Å². The number of nitrogens with zero attached hydrogens (tertiary/aromatic N) is 5. The van der Waals surface area contributed by atoms with Crippen LogP contribution in [0.15, 0.2) is 66.0 Å². The molecule has 0 spiro atoms. The van der Waals surface area contributed by atoms with Crippen LogP contribution in [0.1, 0.15) is 36.0 Å². The molecule has 5 nitrogen and oxygen atoms in total. The highest BCUT2D eigenvalue weighted by Crippen LogP contribution is 2.47. The minimum absolute atomic E-state index is 0.000276. The molecule has 0 amide bonds. The van der Waals surface area contributed by atoms with Crippen LogP contribution in [0, 0.1) is 6.92 Å². The normalized spacial score (nSPS) is 24.1. The average Bonchev–Trinajstić information content (AvgIpc) is 3.37. The molecule has 0 unspecified atom stereocenters. The lowest BCUT2D eigenvalue weighted by Crippen LogP contribution is -2.30. The van der Waals surface area contributed by atoms with Gasteiger partial charge in [-0.15, -0.1) is 0 Å². The lowest BCUT2D eigenvalue weighted by Gasteiger charge is -2.28. The third-order valence-corrected chi connectivity index (χ3v) is 6.21.